The molecule has 0 saturated heterocycles. The number of amides is 1. The third-order valence-electron chi connectivity index (χ3n) is 2.50. The average molecular weight is 275 g/mol. The Kier molecular flexibility index (Phi) is 5.62. The summed E-state index contributed by atoms with van der Waals surface area (Å²) in [7, 11) is 0. The lowest BCUT2D eigenvalue weighted by molar-refractivity contribution is -0.135. The lowest BCUT2D eigenvalue weighted by Crippen LogP contribution is -2.26. The van der Waals surface area contributed by atoms with Gasteiger partial charge in [-0.15, -0.1) is 0 Å². The number of para-hydroxylation sites is 1. The summed E-state index contributed by atoms with van der Waals surface area (Å²) in [5, 5.41) is 2.56. The van der Waals surface area contributed by atoms with E-state index in [9.17, 15) is 18.0 Å². The Hall–Kier alpha value is -1.76. The van der Waals surface area contributed by atoms with Crippen LogP contribution in [0.1, 0.15) is 29.6 Å². The van der Waals surface area contributed by atoms with Crippen LogP contribution in [0.4, 0.5) is 18.9 Å². The standard InChI is InChI=1S/C12H16F3N3O/c13-12(14,15)7-3-4-8-17-11(19)9-5-1-2-6-10(9)18-16/h1-2,5-6,18H,3-4,7-8,16H2,(H,17,19). The molecule has 4 nitrogen and oxygen atoms in total. The maximum Gasteiger partial charge on any atom is 0.389 e. The van der Waals surface area contributed by atoms with Gasteiger partial charge in [-0.2, -0.15) is 13.2 Å². The van der Waals surface area contributed by atoms with E-state index < -0.39 is 12.6 Å². The lowest BCUT2D eigenvalue weighted by Gasteiger charge is -2.10. The summed E-state index contributed by atoms with van der Waals surface area (Å²) in [5.74, 6) is 4.90. The van der Waals surface area contributed by atoms with E-state index in [-0.39, 0.29) is 25.3 Å². The van der Waals surface area contributed by atoms with Gasteiger partial charge in [-0.05, 0) is 25.0 Å². The minimum Gasteiger partial charge on any atom is -0.352 e. The molecule has 4 N–H and O–H groups in total. The van der Waals surface area contributed by atoms with E-state index in [2.05, 4.69) is 10.7 Å². The summed E-state index contributed by atoms with van der Waals surface area (Å²) < 4.78 is 35.7. The van der Waals surface area contributed by atoms with Gasteiger partial charge >= 0.3 is 6.18 Å². The fraction of sp³-hybridized carbons (Fsp3) is 0.417. The van der Waals surface area contributed by atoms with E-state index in [0.29, 0.717) is 11.3 Å². The molecule has 0 saturated carbocycles. The van der Waals surface area contributed by atoms with E-state index in [4.69, 9.17) is 5.84 Å². The van der Waals surface area contributed by atoms with Crippen molar-refractivity contribution in [2.24, 2.45) is 5.84 Å². The Morgan fingerprint density at radius 3 is 2.53 bits per heavy atom. The molecule has 106 valence electrons. The van der Waals surface area contributed by atoms with Crippen LogP contribution in [0.5, 0.6) is 0 Å². The average Bonchev–Trinajstić information content (AvgIpc) is 2.36. The first kappa shape index (κ1) is 15.3. The summed E-state index contributed by atoms with van der Waals surface area (Å²) in [6.45, 7) is 0.202. The predicted molar refractivity (Wildman–Crippen MR) is 66.5 cm³/mol. The number of rotatable bonds is 6. The van der Waals surface area contributed by atoms with Gasteiger partial charge < -0.3 is 10.7 Å². The first-order chi connectivity index (χ1) is 8.94. The predicted octanol–water partition coefficient (Wildman–Crippen LogP) is 2.43. The Morgan fingerprint density at radius 1 is 1.21 bits per heavy atom. The third kappa shape index (κ3) is 5.60. The van der Waals surface area contributed by atoms with Gasteiger partial charge in [0.25, 0.3) is 5.91 Å². The quantitative estimate of drug-likeness (QED) is 0.424. The smallest absolute Gasteiger partial charge is 0.352 e. The van der Waals surface area contributed by atoms with Gasteiger partial charge in [-0.25, -0.2) is 0 Å². The summed E-state index contributed by atoms with van der Waals surface area (Å²) in [5.41, 5.74) is 3.22. The topological polar surface area (TPSA) is 67.1 Å². The van der Waals surface area contributed by atoms with Crippen LogP contribution in [0.25, 0.3) is 0 Å². The van der Waals surface area contributed by atoms with Crippen molar-refractivity contribution in [2.75, 3.05) is 12.0 Å². The molecule has 0 fully saturated rings. The molecule has 1 rings (SSSR count). The van der Waals surface area contributed by atoms with Crippen molar-refractivity contribution < 1.29 is 18.0 Å². The van der Waals surface area contributed by atoms with Gasteiger partial charge in [0, 0.05) is 13.0 Å². The minimum absolute atomic E-state index is 0.000561. The molecule has 7 heteroatoms. The van der Waals surface area contributed by atoms with Crippen molar-refractivity contribution in [3.8, 4) is 0 Å². The number of hydrazine groups is 1. The lowest BCUT2D eigenvalue weighted by atomic mass is 10.1. The number of nitrogen functional groups attached to an aromatic ring is 1. The Balaban J connectivity index is 2.35. The summed E-state index contributed by atoms with van der Waals surface area (Å²) in [4.78, 5) is 11.8. The summed E-state index contributed by atoms with van der Waals surface area (Å²) in [6, 6.07) is 6.62. The molecule has 0 aliphatic carbocycles. The minimum atomic E-state index is -4.14. The van der Waals surface area contributed by atoms with E-state index in [1.807, 2.05) is 0 Å². The van der Waals surface area contributed by atoms with Crippen LogP contribution in [-0.2, 0) is 0 Å². The molecule has 0 heterocycles. The number of nitrogens with two attached hydrogens (primary N) is 1. The molecule has 1 amide bonds. The summed E-state index contributed by atoms with van der Waals surface area (Å²) >= 11 is 0. The van der Waals surface area contributed by atoms with Crippen LogP contribution < -0.4 is 16.6 Å². The molecular formula is C12H16F3N3O. The molecule has 0 atom stereocenters. The van der Waals surface area contributed by atoms with Crippen molar-refractivity contribution in [2.45, 2.75) is 25.4 Å². The number of unbranched alkanes of at least 4 members (excludes halogenated alkanes) is 1. The molecule has 0 aliphatic heterocycles. The molecule has 19 heavy (non-hydrogen) atoms. The number of alkyl halides is 3. The number of carbonyl (C=O) groups excluding carboxylic acids is 1. The Bertz CT molecular complexity index is 421. The number of hydrogen-bond donors (Lipinski definition) is 3. The molecule has 0 bridgehead atoms. The van der Waals surface area contributed by atoms with Gasteiger partial charge in [0.1, 0.15) is 0 Å². The second-order valence-corrected chi connectivity index (χ2v) is 4.02. The molecule has 0 radical (unpaired) electrons. The van der Waals surface area contributed by atoms with Crippen molar-refractivity contribution in [3.05, 3.63) is 29.8 Å². The second kappa shape index (κ2) is 6.98. The SMILES string of the molecule is NNc1ccccc1C(=O)NCCCCC(F)(F)F. The number of benzene rings is 1. The Labute approximate surface area is 109 Å². The van der Waals surface area contributed by atoms with Crippen LogP contribution in [0, 0.1) is 0 Å². The van der Waals surface area contributed by atoms with Crippen LogP contribution in [0.3, 0.4) is 0 Å². The first-order valence-corrected chi connectivity index (χ1v) is 5.84. The van der Waals surface area contributed by atoms with E-state index in [1.54, 1.807) is 24.3 Å². The van der Waals surface area contributed by atoms with Crippen molar-refractivity contribution in [3.63, 3.8) is 0 Å². The number of anilines is 1. The van der Waals surface area contributed by atoms with E-state index in [1.165, 1.54) is 0 Å². The molecule has 0 spiro atoms. The molecule has 0 aliphatic rings. The van der Waals surface area contributed by atoms with Crippen LogP contribution >= 0.6 is 0 Å². The number of hydrogen-bond acceptors (Lipinski definition) is 3. The zero-order chi connectivity index (χ0) is 14.3. The van der Waals surface area contributed by atoms with Gasteiger partial charge in [0.05, 0.1) is 11.3 Å². The highest BCUT2D eigenvalue weighted by molar-refractivity contribution is 5.99. The highest BCUT2D eigenvalue weighted by Crippen LogP contribution is 2.21. The molecule has 0 aromatic heterocycles. The zero-order valence-electron chi connectivity index (χ0n) is 10.3. The van der Waals surface area contributed by atoms with E-state index >= 15 is 0 Å². The van der Waals surface area contributed by atoms with Crippen LogP contribution in [-0.4, -0.2) is 18.6 Å². The molecular weight excluding hydrogens is 259 g/mol. The number of nitrogens with one attached hydrogen (secondary N) is 2. The highest BCUT2D eigenvalue weighted by atomic mass is 19.4. The largest absolute Gasteiger partial charge is 0.389 e. The first-order valence-electron chi connectivity index (χ1n) is 5.84. The maximum absolute atomic E-state index is 11.9. The van der Waals surface area contributed by atoms with Gasteiger partial charge in [0.2, 0.25) is 0 Å². The van der Waals surface area contributed by atoms with Gasteiger partial charge in [-0.1, -0.05) is 12.1 Å². The molecule has 0 unspecified atom stereocenters. The zero-order valence-corrected chi connectivity index (χ0v) is 10.3. The number of carbonyl (C=O) groups is 1. The Morgan fingerprint density at radius 2 is 1.89 bits per heavy atom. The van der Waals surface area contributed by atoms with Gasteiger partial charge in [-0.3, -0.25) is 10.6 Å². The van der Waals surface area contributed by atoms with E-state index in [0.717, 1.165) is 0 Å². The molecule has 1 aromatic rings. The van der Waals surface area contributed by atoms with Crippen molar-refractivity contribution in [1.29, 1.82) is 0 Å². The van der Waals surface area contributed by atoms with Crippen LogP contribution in [0.2, 0.25) is 0 Å². The third-order valence-corrected chi connectivity index (χ3v) is 2.50. The highest BCUT2D eigenvalue weighted by Gasteiger charge is 2.25. The second-order valence-electron chi connectivity index (χ2n) is 4.02. The van der Waals surface area contributed by atoms with Crippen molar-refractivity contribution >= 4 is 11.6 Å². The monoisotopic (exact) mass is 275 g/mol. The summed E-state index contributed by atoms with van der Waals surface area (Å²) in [6.07, 6.45) is -4.69. The fourth-order valence-electron chi connectivity index (χ4n) is 1.55. The van der Waals surface area contributed by atoms with Crippen LogP contribution in [0.15, 0.2) is 24.3 Å². The normalized spacial score (nSPS) is 11.2. The fourth-order valence-corrected chi connectivity index (χ4v) is 1.55. The van der Waals surface area contributed by atoms with Crippen molar-refractivity contribution in [1.82, 2.24) is 5.32 Å². The van der Waals surface area contributed by atoms with Gasteiger partial charge in [0.15, 0.2) is 0 Å². The molecule has 1 aromatic carbocycles. The number of halogens is 3. The maximum atomic E-state index is 11.9.